The van der Waals surface area contributed by atoms with E-state index < -0.39 is 23.6 Å². The maximum Gasteiger partial charge on any atom is 0.407 e. The molecule has 0 radical (unpaired) electrons. The zero-order chi connectivity index (χ0) is 28.8. The van der Waals surface area contributed by atoms with Crippen LogP contribution in [0.2, 0.25) is 0 Å². The molecule has 11 heteroatoms. The molecule has 1 spiro atoms. The number of aromatic nitrogens is 2. The number of benzene rings is 1. The Balaban J connectivity index is 1.40. The highest BCUT2D eigenvalue weighted by atomic mass is 16.5. The highest BCUT2D eigenvalue weighted by Crippen LogP contribution is 2.37. The van der Waals surface area contributed by atoms with Crippen LogP contribution in [0.1, 0.15) is 58.1 Å². The summed E-state index contributed by atoms with van der Waals surface area (Å²) in [5, 5.41) is 11.7. The number of imide groups is 1. The summed E-state index contributed by atoms with van der Waals surface area (Å²) in [5.74, 6) is 5.77. The number of carbonyl (C=O) groups is 3. The standard InChI is InChI=1S/C29H37N5O6/c1-28(2,3)22-17-32(18-29(40-22)12-15-33(16-13-29)27(38)39)14-6-8-19-7-5-9-20-24(19)31(4)26(37)34(20)21-10-11-23(35)30-25(21)36/h5,7,9,21-22H,10-18H2,1-4H3,(H,38,39)(H,30,35,36). The van der Waals surface area contributed by atoms with E-state index in [0.29, 0.717) is 55.6 Å². The summed E-state index contributed by atoms with van der Waals surface area (Å²) in [5.41, 5.74) is 1.12. The second-order valence-electron chi connectivity index (χ2n) is 12.2. The molecule has 2 unspecified atom stereocenters. The molecule has 5 rings (SSSR count). The molecule has 0 aliphatic carbocycles. The molecule has 40 heavy (non-hydrogen) atoms. The van der Waals surface area contributed by atoms with E-state index in [1.54, 1.807) is 13.1 Å². The van der Waals surface area contributed by atoms with Gasteiger partial charge in [0.1, 0.15) is 6.04 Å². The van der Waals surface area contributed by atoms with E-state index in [1.165, 1.54) is 14.0 Å². The van der Waals surface area contributed by atoms with E-state index >= 15 is 0 Å². The lowest BCUT2D eigenvalue weighted by Gasteiger charge is -2.52. The first-order valence-corrected chi connectivity index (χ1v) is 13.8. The van der Waals surface area contributed by atoms with Crippen molar-refractivity contribution in [2.75, 3.05) is 32.7 Å². The third kappa shape index (κ3) is 5.25. The molecule has 1 aromatic heterocycles. The van der Waals surface area contributed by atoms with Crippen LogP contribution in [0.3, 0.4) is 0 Å². The third-order valence-corrected chi connectivity index (χ3v) is 8.39. The number of likely N-dealkylation sites (tertiary alicyclic amines) is 1. The van der Waals surface area contributed by atoms with Gasteiger partial charge in [-0.25, -0.2) is 9.59 Å². The van der Waals surface area contributed by atoms with Crippen molar-refractivity contribution in [3.8, 4) is 11.8 Å². The van der Waals surface area contributed by atoms with Crippen LogP contribution in [0.5, 0.6) is 0 Å². The number of imidazole rings is 1. The minimum absolute atomic E-state index is 0.0220. The molecule has 1 aromatic carbocycles. The molecule has 4 heterocycles. The Kier molecular flexibility index (Phi) is 7.27. The van der Waals surface area contributed by atoms with Gasteiger partial charge in [-0.3, -0.25) is 28.9 Å². The summed E-state index contributed by atoms with van der Waals surface area (Å²) >= 11 is 0. The van der Waals surface area contributed by atoms with Gasteiger partial charge in [-0.2, -0.15) is 0 Å². The smallest absolute Gasteiger partial charge is 0.407 e. The van der Waals surface area contributed by atoms with Gasteiger partial charge < -0.3 is 14.7 Å². The van der Waals surface area contributed by atoms with Crippen molar-refractivity contribution >= 4 is 28.9 Å². The fourth-order valence-electron chi connectivity index (χ4n) is 6.05. The SMILES string of the molecule is Cn1c(=O)n(C2CCC(=O)NC2=O)c2cccc(C#CCN3CC(C(C)(C)C)OC4(CCN(C(=O)O)CC4)C3)c21. The van der Waals surface area contributed by atoms with Gasteiger partial charge in [0.2, 0.25) is 11.8 Å². The van der Waals surface area contributed by atoms with E-state index in [2.05, 4.69) is 42.8 Å². The molecule has 214 valence electrons. The predicted octanol–water partition coefficient (Wildman–Crippen LogP) is 1.93. The van der Waals surface area contributed by atoms with Gasteiger partial charge >= 0.3 is 11.8 Å². The van der Waals surface area contributed by atoms with E-state index in [1.807, 2.05) is 12.1 Å². The van der Waals surface area contributed by atoms with Crippen molar-refractivity contribution in [2.24, 2.45) is 12.5 Å². The number of hydrogen-bond donors (Lipinski definition) is 2. The molecule has 3 aliphatic heterocycles. The van der Waals surface area contributed by atoms with Gasteiger partial charge in [0.25, 0.3) is 0 Å². The van der Waals surface area contributed by atoms with Gasteiger partial charge in [-0.05, 0) is 36.8 Å². The van der Waals surface area contributed by atoms with Gasteiger partial charge in [-0.15, -0.1) is 0 Å². The number of rotatable bonds is 2. The summed E-state index contributed by atoms with van der Waals surface area (Å²) in [4.78, 5) is 52.6. The number of nitrogens with one attached hydrogen (secondary N) is 1. The number of nitrogens with zero attached hydrogens (tertiary/aromatic N) is 4. The van der Waals surface area contributed by atoms with E-state index in [0.717, 1.165) is 6.54 Å². The number of carboxylic acid groups (broad SMARTS) is 1. The number of amides is 3. The maximum absolute atomic E-state index is 13.2. The van der Waals surface area contributed by atoms with Crippen LogP contribution in [-0.2, 0) is 21.4 Å². The molecule has 2 atom stereocenters. The molecule has 0 saturated carbocycles. The molecular weight excluding hydrogens is 514 g/mol. The number of piperidine rings is 2. The number of carbonyl (C=O) groups excluding carboxylic acids is 2. The maximum atomic E-state index is 13.2. The minimum atomic E-state index is -0.893. The summed E-state index contributed by atoms with van der Waals surface area (Å²) in [7, 11) is 1.67. The Bertz CT molecular complexity index is 1460. The number of para-hydroxylation sites is 1. The number of ether oxygens (including phenoxy) is 1. The van der Waals surface area contributed by atoms with E-state index in [4.69, 9.17) is 4.74 Å². The zero-order valence-electron chi connectivity index (χ0n) is 23.5. The quantitative estimate of drug-likeness (QED) is 0.432. The fraction of sp³-hybridized carbons (Fsp3) is 0.586. The summed E-state index contributed by atoms with van der Waals surface area (Å²) in [6, 6.07) is 4.74. The van der Waals surface area contributed by atoms with Crippen molar-refractivity contribution in [1.29, 1.82) is 0 Å². The summed E-state index contributed by atoms with van der Waals surface area (Å²) in [6.45, 7) is 9.26. The van der Waals surface area contributed by atoms with Crippen molar-refractivity contribution < 1.29 is 24.2 Å². The van der Waals surface area contributed by atoms with Crippen LogP contribution in [0.4, 0.5) is 4.79 Å². The number of hydrogen-bond acceptors (Lipinski definition) is 6. The molecule has 2 N–H and O–H groups in total. The van der Waals surface area contributed by atoms with Crippen molar-refractivity contribution in [3.05, 3.63) is 34.2 Å². The second kappa shape index (κ2) is 10.4. The van der Waals surface area contributed by atoms with Crippen LogP contribution in [0, 0.1) is 17.3 Å². The highest BCUT2D eigenvalue weighted by Gasteiger charge is 2.46. The van der Waals surface area contributed by atoms with Gasteiger partial charge in [-0.1, -0.05) is 38.7 Å². The lowest BCUT2D eigenvalue weighted by Crippen LogP contribution is -2.62. The fourth-order valence-corrected chi connectivity index (χ4v) is 6.05. The normalized spacial score (nSPS) is 23.6. The van der Waals surface area contributed by atoms with Crippen LogP contribution < -0.4 is 11.0 Å². The van der Waals surface area contributed by atoms with Crippen LogP contribution in [-0.4, -0.2) is 86.4 Å². The topological polar surface area (TPSA) is 126 Å². The first kappa shape index (κ1) is 27.9. The Morgan fingerprint density at radius 3 is 2.58 bits per heavy atom. The molecule has 2 aromatic rings. The number of morpholine rings is 1. The molecule has 3 saturated heterocycles. The van der Waals surface area contributed by atoms with Gasteiger partial charge in [0.15, 0.2) is 0 Å². The summed E-state index contributed by atoms with van der Waals surface area (Å²) in [6.07, 6.45) is 0.833. The van der Waals surface area contributed by atoms with Crippen LogP contribution in [0.15, 0.2) is 23.0 Å². The predicted molar refractivity (Wildman–Crippen MR) is 148 cm³/mol. The van der Waals surface area contributed by atoms with Crippen LogP contribution >= 0.6 is 0 Å². The highest BCUT2D eigenvalue weighted by molar-refractivity contribution is 6.00. The van der Waals surface area contributed by atoms with Crippen molar-refractivity contribution in [3.63, 3.8) is 0 Å². The average molecular weight is 552 g/mol. The Hall–Kier alpha value is -3.62. The van der Waals surface area contributed by atoms with Crippen molar-refractivity contribution in [2.45, 2.75) is 64.2 Å². The molecule has 3 fully saturated rings. The molecule has 3 amide bonds. The largest absolute Gasteiger partial charge is 0.465 e. The Morgan fingerprint density at radius 2 is 1.93 bits per heavy atom. The lowest BCUT2D eigenvalue weighted by molar-refractivity contribution is -0.198. The molecule has 3 aliphatic rings. The van der Waals surface area contributed by atoms with E-state index in [-0.39, 0.29) is 36.0 Å². The Morgan fingerprint density at radius 1 is 1.20 bits per heavy atom. The zero-order valence-corrected chi connectivity index (χ0v) is 23.5. The first-order chi connectivity index (χ1) is 18.9. The first-order valence-electron chi connectivity index (χ1n) is 13.8. The Labute approximate surface area is 233 Å². The summed E-state index contributed by atoms with van der Waals surface area (Å²) < 4.78 is 9.64. The van der Waals surface area contributed by atoms with Gasteiger partial charge in [0, 0.05) is 39.6 Å². The average Bonchev–Trinajstić information content (AvgIpc) is 3.14. The molecule has 11 nitrogen and oxygen atoms in total. The molecule has 0 bridgehead atoms. The van der Waals surface area contributed by atoms with E-state index in [9.17, 15) is 24.3 Å². The number of fused-ring (bicyclic) bond motifs is 1. The third-order valence-electron chi connectivity index (χ3n) is 8.39. The number of aryl methyl sites for hydroxylation is 1. The molecular formula is C29H37N5O6. The lowest BCUT2D eigenvalue weighted by atomic mass is 9.83. The van der Waals surface area contributed by atoms with Gasteiger partial charge in [0.05, 0.1) is 34.8 Å². The second-order valence-corrected chi connectivity index (χ2v) is 12.2. The minimum Gasteiger partial charge on any atom is -0.465 e. The monoisotopic (exact) mass is 551 g/mol. The van der Waals surface area contributed by atoms with Crippen LogP contribution in [0.25, 0.3) is 11.0 Å². The van der Waals surface area contributed by atoms with Crippen molar-refractivity contribution in [1.82, 2.24) is 24.3 Å².